The number of hydrogen-bond acceptors (Lipinski definition) is 5. The van der Waals surface area contributed by atoms with Crippen LogP contribution >= 0.6 is 0 Å². The molecule has 1 heterocycles. The van der Waals surface area contributed by atoms with E-state index < -0.39 is 16.6 Å². The highest BCUT2D eigenvalue weighted by atomic mass is 16.6. The van der Waals surface area contributed by atoms with Gasteiger partial charge in [0.1, 0.15) is 12.8 Å². The Bertz CT molecular complexity index is 371. The van der Waals surface area contributed by atoms with Gasteiger partial charge >= 0.3 is 11.7 Å². The molecule has 1 rings (SSSR count). The van der Waals surface area contributed by atoms with Gasteiger partial charge in [-0.1, -0.05) is 12.7 Å². The van der Waals surface area contributed by atoms with Crippen LogP contribution in [0.5, 0.6) is 0 Å². The largest absolute Gasteiger partial charge is 0.457 e. The predicted molar refractivity (Wildman–Crippen MR) is 45.7 cm³/mol. The van der Waals surface area contributed by atoms with E-state index in [1.807, 2.05) is 0 Å². The number of aromatic amines is 1. The average molecular weight is 197 g/mol. The number of nitrogens with one attached hydrogen (secondary N) is 1. The molecule has 7 nitrogen and oxygen atoms in total. The van der Waals surface area contributed by atoms with Crippen LogP contribution < -0.4 is 0 Å². The normalized spacial score (nSPS) is 9.43. The number of nitrogens with zero attached hydrogens (tertiary/aromatic N) is 2. The predicted octanol–water partition coefficient (Wildman–Crippen LogP) is 0.661. The second-order valence-electron chi connectivity index (χ2n) is 2.27. The number of ether oxygens (including phenoxy) is 1. The van der Waals surface area contributed by atoms with E-state index in [-0.39, 0.29) is 12.3 Å². The monoisotopic (exact) mass is 197 g/mol. The van der Waals surface area contributed by atoms with E-state index in [0.717, 1.165) is 6.20 Å². The molecule has 0 aliphatic carbocycles. The van der Waals surface area contributed by atoms with Gasteiger partial charge in [-0.2, -0.15) is 5.10 Å². The number of carbonyl (C=O) groups is 1. The van der Waals surface area contributed by atoms with Crippen LogP contribution in [-0.4, -0.2) is 27.7 Å². The van der Waals surface area contributed by atoms with Crippen LogP contribution in [0, 0.1) is 10.1 Å². The van der Waals surface area contributed by atoms with Crippen LogP contribution in [0.1, 0.15) is 10.5 Å². The van der Waals surface area contributed by atoms with E-state index in [2.05, 4.69) is 21.5 Å². The van der Waals surface area contributed by atoms with E-state index in [0.29, 0.717) is 0 Å². The Hall–Kier alpha value is -2.18. The first-order valence-corrected chi connectivity index (χ1v) is 3.62. The van der Waals surface area contributed by atoms with Crippen molar-refractivity contribution in [2.45, 2.75) is 0 Å². The number of hydrogen-bond donors (Lipinski definition) is 1. The summed E-state index contributed by atoms with van der Waals surface area (Å²) in [5.74, 6) is -0.825. The Kier molecular flexibility index (Phi) is 2.95. The third-order valence-electron chi connectivity index (χ3n) is 1.35. The smallest absolute Gasteiger partial charge is 0.363 e. The van der Waals surface area contributed by atoms with Crippen molar-refractivity contribution in [3.05, 3.63) is 34.7 Å². The van der Waals surface area contributed by atoms with Crippen molar-refractivity contribution in [2.75, 3.05) is 6.61 Å². The summed E-state index contributed by atoms with van der Waals surface area (Å²) < 4.78 is 4.59. The zero-order chi connectivity index (χ0) is 10.6. The molecule has 0 amide bonds. The molecule has 0 unspecified atom stereocenters. The van der Waals surface area contributed by atoms with Crippen LogP contribution in [0.25, 0.3) is 0 Å². The van der Waals surface area contributed by atoms with Crippen LogP contribution in [0.4, 0.5) is 5.69 Å². The van der Waals surface area contributed by atoms with E-state index in [1.54, 1.807) is 0 Å². The van der Waals surface area contributed by atoms with Gasteiger partial charge in [0.15, 0.2) is 0 Å². The third-order valence-corrected chi connectivity index (χ3v) is 1.35. The number of nitro groups is 1. The minimum atomic E-state index is -0.825. The molecule has 1 N–H and O–H groups in total. The van der Waals surface area contributed by atoms with Gasteiger partial charge in [0, 0.05) is 0 Å². The lowest BCUT2D eigenvalue weighted by Crippen LogP contribution is -2.07. The van der Waals surface area contributed by atoms with Crippen molar-refractivity contribution in [2.24, 2.45) is 0 Å². The first kappa shape index (κ1) is 9.90. The lowest BCUT2D eigenvalue weighted by atomic mass is 10.4. The highest BCUT2D eigenvalue weighted by Gasteiger charge is 2.23. The molecule has 0 bridgehead atoms. The third kappa shape index (κ3) is 1.94. The number of esters is 1. The van der Waals surface area contributed by atoms with Crippen molar-refractivity contribution < 1.29 is 14.5 Å². The van der Waals surface area contributed by atoms with Gasteiger partial charge in [0.05, 0.1) is 4.92 Å². The lowest BCUT2D eigenvalue weighted by molar-refractivity contribution is -0.385. The molecule has 0 spiro atoms. The summed E-state index contributed by atoms with van der Waals surface area (Å²) in [6, 6.07) is 0. The van der Waals surface area contributed by atoms with Crippen LogP contribution in [0.3, 0.4) is 0 Å². The average Bonchev–Trinajstić information content (AvgIpc) is 2.62. The molecule has 74 valence electrons. The van der Waals surface area contributed by atoms with Gasteiger partial charge in [0.2, 0.25) is 5.69 Å². The van der Waals surface area contributed by atoms with Gasteiger partial charge in [-0.3, -0.25) is 15.2 Å². The molecule has 0 aliphatic heterocycles. The minimum absolute atomic E-state index is 0.00495. The van der Waals surface area contributed by atoms with Crippen molar-refractivity contribution in [1.29, 1.82) is 0 Å². The van der Waals surface area contributed by atoms with Crippen molar-refractivity contribution in [3.8, 4) is 0 Å². The quantitative estimate of drug-likeness (QED) is 0.331. The summed E-state index contributed by atoms with van der Waals surface area (Å²) in [5, 5.41) is 16.0. The van der Waals surface area contributed by atoms with Gasteiger partial charge < -0.3 is 4.74 Å². The Balaban J connectivity index is 2.84. The maximum absolute atomic E-state index is 11.1. The first-order chi connectivity index (χ1) is 6.66. The number of rotatable bonds is 4. The molecule has 0 aromatic carbocycles. The summed E-state index contributed by atoms with van der Waals surface area (Å²) in [5.41, 5.74) is -0.670. The summed E-state index contributed by atoms with van der Waals surface area (Å²) >= 11 is 0. The second kappa shape index (κ2) is 4.17. The van der Waals surface area contributed by atoms with E-state index in [1.165, 1.54) is 6.08 Å². The minimum Gasteiger partial charge on any atom is -0.457 e. The lowest BCUT2D eigenvalue weighted by Gasteiger charge is -1.97. The van der Waals surface area contributed by atoms with E-state index >= 15 is 0 Å². The van der Waals surface area contributed by atoms with Crippen LogP contribution in [-0.2, 0) is 4.74 Å². The van der Waals surface area contributed by atoms with Gasteiger partial charge in [0.25, 0.3) is 0 Å². The van der Waals surface area contributed by atoms with Gasteiger partial charge in [-0.05, 0) is 0 Å². The molecular weight excluding hydrogens is 190 g/mol. The number of aromatic nitrogens is 2. The molecule has 0 saturated heterocycles. The molecule has 0 radical (unpaired) electrons. The number of carbonyl (C=O) groups excluding carboxylic acids is 1. The highest BCUT2D eigenvalue weighted by Crippen LogP contribution is 2.14. The van der Waals surface area contributed by atoms with Crippen molar-refractivity contribution >= 4 is 11.7 Å². The SMILES string of the molecule is C=CCOC(=O)c1[nH]ncc1[N+](=O)[O-]. The fourth-order valence-corrected chi connectivity index (χ4v) is 0.775. The molecule has 0 fully saturated rings. The van der Waals surface area contributed by atoms with Crippen LogP contribution in [0.15, 0.2) is 18.9 Å². The number of H-pyrrole nitrogens is 1. The second-order valence-corrected chi connectivity index (χ2v) is 2.27. The zero-order valence-electron chi connectivity index (χ0n) is 7.10. The first-order valence-electron chi connectivity index (χ1n) is 3.62. The zero-order valence-corrected chi connectivity index (χ0v) is 7.10. The molecule has 0 atom stereocenters. The van der Waals surface area contributed by atoms with Crippen molar-refractivity contribution in [3.63, 3.8) is 0 Å². The summed E-state index contributed by atoms with van der Waals surface area (Å²) in [4.78, 5) is 20.8. The molecule has 1 aromatic heterocycles. The molecule has 7 heteroatoms. The standard InChI is InChI=1S/C7H7N3O4/c1-2-3-14-7(11)6-5(10(12)13)4-8-9-6/h2,4H,1,3H2,(H,8,9). The fraction of sp³-hybridized carbons (Fsp3) is 0.143. The molecule has 1 aromatic rings. The van der Waals surface area contributed by atoms with E-state index in [9.17, 15) is 14.9 Å². The van der Waals surface area contributed by atoms with Crippen molar-refractivity contribution in [1.82, 2.24) is 10.2 Å². The summed E-state index contributed by atoms with van der Waals surface area (Å²) in [7, 11) is 0. The Labute approximate surface area is 78.5 Å². The molecule has 0 saturated carbocycles. The molecular formula is C7H7N3O4. The maximum Gasteiger partial charge on any atom is 0.363 e. The Morgan fingerprint density at radius 1 is 1.86 bits per heavy atom. The van der Waals surface area contributed by atoms with E-state index in [4.69, 9.17) is 0 Å². The maximum atomic E-state index is 11.1. The molecule has 14 heavy (non-hydrogen) atoms. The van der Waals surface area contributed by atoms with Gasteiger partial charge in [-0.15, -0.1) is 0 Å². The van der Waals surface area contributed by atoms with Crippen LogP contribution in [0.2, 0.25) is 0 Å². The fourth-order valence-electron chi connectivity index (χ4n) is 0.775. The Morgan fingerprint density at radius 2 is 2.57 bits per heavy atom. The highest BCUT2D eigenvalue weighted by molar-refractivity contribution is 5.91. The summed E-state index contributed by atoms with van der Waals surface area (Å²) in [6.07, 6.45) is 2.31. The van der Waals surface area contributed by atoms with Gasteiger partial charge in [-0.25, -0.2) is 4.79 Å². The molecule has 0 aliphatic rings. The Morgan fingerprint density at radius 3 is 3.14 bits per heavy atom. The topological polar surface area (TPSA) is 98.1 Å². The summed E-state index contributed by atoms with van der Waals surface area (Å²) in [6.45, 7) is 3.33.